The first-order valence-electron chi connectivity index (χ1n) is 6.66. The van der Waals surface area contributed by atoms with E-state index < -0.39 is 24.1 Å². The van der Waals surface area contributed by atoms with Crippen molar-refractivity contribution in [1.82, 2.24) is 5.43 Å². The van der Waals surface area contributed by atoms with Crippen LogP contribution in [0, 0.1) is 11.6 Å². The van der Waals surface area contributed by atoms with Crippen LogP contribution in [0.5, 0.6) is 11.5 Å². The van der Waals surface area contributed by atoms with E-state index in [-0.39, 0.29) is 22.8 Å². The number of halogens is 2. The number of aromatic hydroxyl groups is 1. The molecule has 23 heavy (non-hydrogen) atoms. The van der Waals surface area contributed by atoms with Crippen molar-refractivity contribution in [3.63, 3.8) is 0 Å². The highest BCUT2D eigenvalue weighted by Crippen LogP contribution is 2.18. The average molecular weight is 320 g/mol. The summed E-state index contributed by atoms with van der Waals surface area (Å²) >= 11 is 0. The van der Waals surface area contributed by atoms with Crippen LogP contribution in [-0.2, 0) is 4.79 Å². The van der Waals surface area contributed by atoms with Gasteiger partial charge in [-0.25, -0.2) is 14.2 Å². The molecule has 1 amide bonds. The predicted octanol–water partition coefficient (Wildman–Crippen LogP) is 2.59. The molecule has 120 valence electrons. The predicted molar refractivity (Wildman–Crippen MR) is 80.3 cm³/mol. The Hall–Kier alpha value is -2.96. The Kier molecular flexibility index (Phi) is 5.24. The van der Waals surface area contributed by atoms with Crippen LogP contribution < -0.4 is 10.2 Å². The summed E-state index contributed by atoms with van der Waals surface area (Å²) in [4.78, 5) is 11.6. The van der Waals surface area contributed by atoms with Crippen LogP contribution in [0.3, 0.4) is 0 Å². The fraction of sp³-hybridized carbons (Fsp3) is 0.125. The van der Waals surface area contributed by atoms with E-state index in [1.54, 1.807) is 6.07 Å². The van der Waals surface area contributed by atoms with Gasteiger partial charge in [0.2, 0.25) is 0 Å². The Morgan fingerprint density at radius 1 is 1.26 bits per heavy atom. The summed E-state index contributed by atoms with van der Waals surface area (Å²) in [5, 5.41) is 13.4. The van der Waals surface area contributed by atoms with Crippen molar-refractivity contribution in [2.24, 2.45) is 5.10 Å². The number of benzene rings is 2. The van der Waals surface area contributed by atoms with Gasteiger partial charge in [0.15, 0.2) is 18.2 Å². The molecule has 2 aromatic carbocycles. The molecular formula is C16H14F2N2O3. The van der Waals surface area contributed by atoms with E-state index in [1.807, 2.05) is 0 Å². The zero-order chi connectivity index (χ0) is 16.8. The lowest BCUT2D eigenvalue weighted by molar-refractivity contribution is -0.123. The second kappa shape index (κ2) is 7.35. The van der Waals surface area contributed by atoms with Gasteiger partial charge in [0.05, 0.1) is 5.71 Å². The van der Waals surface area contributed by atoms with Crippen LogP contribution in [0.2, 0.25) is 0 Å². The third kappa shape index (κ3) is 4.50. The third-order valence-electron chi connectivity index (χ3n) is 2.89. The standard InChI is InChI=1S/C16H14F2N2O3/c1-10(12-8-11(17)6-7-14(12)21)19-20-16(22)9-23-15-5-3-2-4-13(15)18/h2-8,21H,9H2,1H3,(H,20,22)/b19-10+. The van der Waals surface area contributed by atoms with Gasteiger partial charge in [0, 0.05) is 5.56 Å². The third-order valence-corrected chi connectivity index (χ3v) is 2.89. The Morgan fingerprint density at radius 3 is 2.74 bits per heavy atom. The molecule has 0 saturated carbocycles. The van der Waals surface area contributed by atoms with Crippen molar-refractivity contribution >= 4 is 11.6 Å². The number of carbonyl (C=O) groups excluding carboxylic acids is 1. The second-order valence-electron chi connectivity index (χ2n) is 4.61. The van der Waals surface area contributed by atoms with Crippen molar-refractivity contribution in [3.8, 4) is 11.5 Å². The Balaban J connectivity index is 1.95. The van der Waals surface area contributed by atoms with Gasteiger partial charge in [-0.1, -0.05) is 12.1 Å². The molecule has 0 radical (unpaired) electrons. The number of ether oxygens (including phenoxy) is 1. The first-order valence-corrected chi connectivity index (χ1v) is 6.66. The molecule has 2 rings (SSSR count). The quantitative estimate of drug-likeness (QED) is 0.657. The smallest absolute Gasteiger partial charge is 0.277 e. The van der Waals surface area contributed by atoms with Gasteiger partial charge in [-0.15, -0.1) is 0 Å². The van der Waals surface area contributed by atoms with Crippen molar-refractivity contribution in [2.45, 2.75) is 6.92 Å². The topological polar surface area (TPSA) is 70.9 Å². The molecule has 0 bridgehead atoms. The van der Waals surface area contributed by atoms with E-state index >= 15 is 0 Å². The number of amides is 1. The molecule has 0 unspecified atom stereocenters. The molecule has 0 spiro atoms. The van der Waals surface area contributed by atoms with E-state index in [2.05, 4.69) is 10.5 Å². The summed E-state index contributed by atoms with van der Waals surface area (Å²) < 4.78 is 31.5. The second-order valence-corrected chi connectivity index (χ2v) is 4.61. The number of nitrogens with zero attached hydrogens (tertiary/aromatic N) is 1. The van der Waals surface area contributed by atoms with E-state index in [0.717, 1.165) is 12.1 Å². The van der Waals surface area contributed by atoms with Gasteiger partial charge < -0.3 is 9.84 Å². The lowest BCUT2D eigenvalue weighted by Gasteiger charge is -2.07. The van der Waals surface area contributed by atoms with Crippen molar-refractivity contribution in [2.75, 3.05) is 6.61 Å². The molecule has 0 heterocycles. The van der Waals surface area contributed by atoms with Crippen LogP contribution in [0.4, 0.5) is 8.78 Å². The summed E-state index contributed by atoms with van der Waals surface area (Å²) in [7, 11) is 0. The van der Waals surface area contributed by atoms with Gasteiger partial charge in [0.1, 0.15) is 11.6 Å². The molecule has 0 saturated heterocycles. The molecule has 2 aromatic rings. The van der Waals surface area contributed by atoms with E-state index in [4.69, 9.17) is 4.74 Å². The van der Waals surface area contributed by atoms with Crippen LogP contribution in [0.1, 0.15) is 12.5 Å². The maximum Gasteiger partial charge on any atom is 0.277 e. The number of hydrogen-bond acceptors (Lipinski definition) is 4. The molecule has 2 N–H and O–H groups in total. The zero-order valence-corrected chi connectivity index (χ0v) is 12.2. The lowest BCUT2D eigenvalue weighted by atomic mass is 10.1. The molecule has 0 atom stereocenters. The molecule has 0 aliphatic heterocycles. The number of rotatable bonds is 5. The van der Waals surface area contributed by atoms with Gasteiger partial charge in [-0.05, 0) is 37.3 Å². The van der Waals surface area contributed by atoms with Crippen molar-refractivity contribution in [3.05, 3.63) is 59.7 Å². The summed E-state index contributed by atoms with van der Waals surface area (Å²) in [5.74, 6) is -1.95. The van der Waals surface area contributed by atoms with Crippen LogP contribution >= 0.6 is 0 Å². The number of para-hydroxylation sites is 1. The SMILES string of the molecule is C/C(=N\NC(=O)COc1ccccc1F)c1cc(F)ccc1O. The minimum Gasteiger partial charge on any atom is -0.507 e. The number of nitrogens with one attached hydrogen (secondary N) is 1. The molecule has 5 nitrogen and oxygen atoms in total. The van der Waals surface area contributed by atoms with Crippen LogP contribution in [-0.4, -0.2) is 23.3 Å². The summed E-state index contributed by atoms with van der Waals surface area (Å²) in [6.07, 6.45) is 0. The van der Waals surface area contributed by atoms with Crippen molar-refractivity contribution in [1.29, 1.82) is 0 Å². The van der Waals surface area contributed by atoms with Gasteiger partial charge >= 0.3 is 0 Å². The molecule has 0 fully saturated rings. The van der Waals surface area contributed by atoms with E-state index in [0.29, 0.717) is 0 Å². The Morgan fingerprint density at radius 2 is 2.00 bits per heavy atom. The lowest BCUT2D eigenvalue weighted by Crippen LogP contribution is -2.25. The number of phenols is 1. The van der Waals surface area contributed by atoms with Crippen LogP contribution in [0.25, 0.3) is 0 Å². The molecule has 0 aliphatic carbocycles. The fourth-order valence-electron chi connectivity index (χ4n) is 1.74. The summed E-state index contributed by atoms with van der Waals surface area (Å²) in [6, 6.07) is 9.06. The highest BCUT2D eigenvalue weighted by Gasteiger charge is 2.08. The molecular weight excluding hydrogens is 306 g/mol. The summed E-state index contributed by atoms with van der Waals surface area (Å²) in [5.41, 5.74) is 2.55. The maximum atomic E-state index is 13.3. The average Bonchev–Trinajstić information content (AvgIpc) is 2.54. The largest absolute Gasteiger partial charge is 0.507 e. The Labute approximate surface area is 131 Å². The zero-order valence-electron chi connectivity index (χ0n) is 12.2. The van der Waals surface area contributed by atoms with Crippen molar-refractivity contribution < 1.29 is 23.4 Å². The number of phenolic OH excluding ortho intramolecular Hbond substituents is 1. The minimum atomic E-state index is -0.622. The number of hydrazone groups is 1. The number of carbonyl (C=O) groups is 1. The van der Waals surface area contributed by atoms with Gasteiger partial charge in [0.25, 0.3) is 5.91 Å². The van der Waals surface area contributed by atoms with Gasteiger partial charge in [-0.2, -0.15) is 5.10 Å². The minimum absolute atomic E-state index is 0.0499. The summed E-state index contributed by atoms with van der Waals surface area (Å²) in [6.45, 7) is 1.05. The Bertz CT molecular complexity index is 748. The molecule has 7 heteroatoms. The highest BCUT2D eigenvalue weighted by atomic mass is 19.1. The number of hydrogen-bond donors (Lipinski definition) is 2. The molecule has 0 aromatic heterocycles. The monoisotopic (exact) mass is 320 g/mol. The maximum absolute atomic E-state index is 13.3. The van der Waals surface area contributed by atoms with Gasteiger partial charge in [-0.3, -0.25) is 4.79 Å². The van der Waals surface area contributed by atoms with Crippen LogP contribution in [0.15, 0.2) is 47.6 Å². The first kappa shape index (κ1) is 16.4. The van der Waals surface area contributed by atoms with E-state index in [1.165, 1.54) is 31.2 Å². The first-order chi connectivity index (χ1) is 11.0. The fourth-order valence-corrected chi connectivity index (χ4v) is 1.74. The molecule has 0 aliphatic rings. The normalized spacial score (nSPS) is 11.2. The highest BCUT2D eigenvalue weighted by molar-refractivity contribution is 6.01. The van der Waals surface area contributed by atoms with E-state index in [9.17, 15) is 18.7 Å².